The summed E-state index contributed by atoms with van der Waals surface area (Å²) in [7, 11) is 0. The maximum Gasteiger partial charge on any atom is 0.306 e. The van der Waals surface area contributed by atoms with Crippen molar-refractivity contribution >= 4 is 17.7 Å². The molecule has 2 N–H and O–H groups in total. The van der Waals surface area contributed by atoms with Crippen LogP contribution in [0.2, 0.25) is 0 Å². The smallest absolute Gasteiger partial charge is 0.306 e. The van der Waals surface area contributed by atoms with E-state index in [1.165, 1.54) is 18.6 Å². The molecule has 2 aliphatic rings. The average Bonchev–Trinajstić information content (AvgIpc) is 2.75. The van der Waals surface area contributed by atoms with Gasteiger partial charge in [0.25, 0.3) is 0 Å². The van der Waals surface area contributed by atoms with E-state index in [2.05, 4.69) is 24.0 Å². The molecule has 1 heterocycles. The van der Waals surface area contributed by atoms with Crippen LogP contribution in [0.4, 0.5) is 0 Å². The van der Waals surface area contributed by atoms with E-state index in [9.17, 15) is 4.79 Å². The Bertz CT molecular complexity index is 277. The minimum absolute atomic E-state index is 0.120. The van der Waals surface area contributed by atoms with E-state index in [1.807, 2.05) is 0 Å². The monoisotopic (exact) mass is 257 g/mol. The summed E-state index contributed by atoms with van der Waals surface area (Å²) in [6.45, 7) is 3.36. The molecule has 0 aromatic heterocycles. The van der Waals surface area contributed by atoms with Crippen molar-refractivity contribution in [1.82, 2.24) is 5.32 Å². The molecular formula is C13H23NO2S. The van der Waals surface area contributed by atoms with Crippen molar-refractivity contribution in [3.8, 4) is 0 Å². The highest BCUT2D eigenvalue weighted by Crippen LogP contribution is 2.37. The summed E-state index contributed by atoms with van der Waals surface area (Å²) in [5, 5.41) is 12.7. The van der Waals surface area contributed by atoms with Crippen LogP contribution < -0.4 is 5.32 Å². The standard InChI is InChI=1S/C13H23NO2S/c1-13(6-3-7-17-13)9-14-11-5-2-4-10(8-11)12(15)16/h10-11,14H,2-9H2,1H3,(H,15,16). The second-order valence-electron chi connectivity index (χ2n) is 5.68. The average molecular weight is 257 g/mol. The Morgan fingerprint density at radius 2 is 2.29 bits per heavy atom. The third-order valence-corrected chi connectivity index (χ3v) is 5.63. The molecule has 0 radical (unpaired) electrons. The third kappa shape index (κ3) is 3.62. The molecule has 2 rings (SSSR count). The number of hydrogen-bond acceptors (Lipinski definition) is 3. The van der Waals surface area contributed by atoms with Crippen molar-refractivity contribution in [3.63, 3.8) is 0 Å². The number of thioether (sulfide) groups is 1. The zero-order chi connectivity index (χ0) is 12.3. The number of nitrogens with one attached hydrogen (secondary N) is 1. The van der Waals surface area contributed by atoms with Crippen molar-refractivity contribution in [2.24, 2.45) is 5.92 Å². The van der Waals surface area contributed by atoms with Gasteiger partial charge in [0, 0.05) is 17.3 Å². The Hall–Kier alpha value is -0.220. The van der Waals surface area contributed by atoms with E-state index in [0.717, 1.165) is 32.2 Å². The van der Waals surface area contributed by atoms with Gasteiger partial charge in [0.2, 0.25) is 0 Å². The number of aliphatic carboxylic acids is 1. The zero-order valence-corrected chi connectivity index (χ0v) is 11.4. The van der Waals surface area contributed by atoms with Gasteiger partial charge in [-0.1, -0.05) is 6.42 Å². The van der Waals surface area contributed by atoms with E-state index in [1.54, 1.807) is 0 Å². The molecule has 0 aromatic rings. The molecule has 3 atom stereocenters. The van der Waals surface area contributed by atoms with Gasteiger partial charge in [0.15, 0.2) is 0 Å². The lowest BCUT2D eigenvalue weighted by Gasteiger charge is -2.31. The van der Waals surface area contributed by atoms with E-state index in [4.69, 9.17) is 5.11 Å². The van der Waals surface area contributed by atoms with Crippen LogP contribution in [-0.2, 0) is 4.79 Å². The summed E-state index contributed by atoms with van der Waals surface area (Å²) in [4.78, 5) is 11.0. The Kier molecular flexibility index (Phi) is 4.36. The predicted molar refractivity (Wildman–Crippen MR) is 71.5 cm³/mol. The van der Waals surface area contributed by atoms with Gasteiger partial charge in [0.05, 0.1) is 5.92 Å². The summed E-state index contributed by atoms with van der Waals surface area (Å²) < 4.78 is 0.385. The molecule has 98 valence electrons. The van der Waals surface area contributed by atoms with Gasteiger partial charge >= 0.3 is 5.97 Å². The molecule has 17 heavy (non-hydrogen) atoms. The molecule has 2 fully saturated rings. The van der Waals surface area contributed by atoms with Crippen LogP contribution in [0.5, 0.6) is 0 Å². The fraction of sp³-hybridized carbons (Fsp3) is 0.923. The topological polar surface area (TPSA) is 49.3 Å². The fourth-order valence-corrected chi connectivity index (χ4v) is 4.19. The van der Waals surface area contributed by atoms with Crippen molar-refractivity contribution < 1.29 is 9.90 Å². The summed E-state index contributed by atoms with van der Waals surface area (Å²) in [5.74, 6) is 0.545. The highest BCUT2D eigenvalue weighted by atomic mass is 32.2. The Morgan fingerprint density at radius 1 is 1.47 bits per heavy atom. The van der Waals surface area contributed by atoms with E-state index in [-0.39, 0.29) is 5.92 Å². The van der Waals surface area contributed by atoms with Crippen LogP contribution in [0, 0.1) is 5.92 Å². The van der Waals surface area contributed by atoms with Gasteiger partial charge < -0.3 is 10.4 Å². The van der Waals surface area contributed by atoms with Gasteiger partial charge in [0.1, 0.15) is 0 Å². The van der Waals surface area contributed by atoms with Crippen molar-refractivity contribution in [1.29, 1.82) is 0 Å². The van der Waals surface area contributed by atoms with Crippen LogP contribution in [0.3, 0.4) is 0 Å². The molecule has 0 amide bonds. The number of rotatable bonds is 4. The second kappa shape index (κ2) is 5.61. The van der Waals surface area contributed by atoms with Gasteiger partial charge in [-0.05, 0) is 44.8 Å². The highest BCUT2D eigenvalue weighted by Gasteiger charge is 2.32. The summed E-state index contributed by atoms with van der Waals surface area (Å²) in [6.07, 6.45) is 6.49. The van der Waals surface area contributed by atoms with Gasteiger partial charge in [-0.25, -0.2) is 0 Å². The lowest BCUT2D eigenvalue weighted by atomic mass is 9.85. The van der Waals surface area contributed by atoms with E-state index in [0.29, 0.717) is 10.8 Å². The van der Waals surface area contributed by atoms with Gasteiger partial charge in [-0.3, -0.25) is 4.79 Å². The van der Waals surface area contributed by atoms with Crippen LogP contribution >= 0.6 is 11.8 Å². The minimum Gasteiger partial charge on any atom is -0.481 e. The summed E-state index contributed by atoms with van der Waals surface area (Å²) >= 11 is 2.06. The first-order chi connectivity index (χ1) is 8.09. The van der Waals surface area contributed by atoms with E-state index >= 15 is 0 Å². The Morgan fingerprint density at radius 3 is 2.94 bits per heavy atom. The van der Waals surface area contributed by atoms with Crippen molar-refractivity contribution in [3.05, 3.63) is 0 Å². The highest BCUT2D eigenvalue weighted by molar-refractivity contribution is 8.00. The molecule has 1 saturated heterocycles. The number of hydrogen-bond donors (Lipinski definition) is 2. The second-order valence-corrected chi connectivity index (χ2v) is 7.36. The van der Waals surface area contributed by atoms with Crippen molar-refractivity contribution in [2.75, 3.05) is 12.3 Å². The quantitative estimate of drug-likeness (QED) is 0.812. The third-order valence-electron chi connectivity index (χ3n) is 4.09. The predicted octanol–water partition coefficient (Wildman–Crippen LogP) is 2.51. The first-order valence-electron chi connectivity index (χ1n) is 6.69. The molecular weight excluding hydrogens is 234 g/mol. The molecule has 3 nitrogen and oxygen atoms in total. The molecule has 0 bridgehead atoms. The first-order valence-corrected chi connectivity index (χ1v) is 7.68. The summed E-state index contributed by atoms with van der Waals surface area (Å²) in [6, 6.07) is 0.419. The number of carbonyl (C=O) groups is 1. The van der Waals surface area contributed by atoms with Gasteiger partial charge in [-0.15, -0.1) is 0 Å². The maximum atomic E-state index is 11.0. The van der Waals surface area contributed by atoms with E-state index < -0.39 is 5.97 Å². The van der Waals surface area contributed by atoms with Crippen LogP contribution in [0.1, 0.15) is 45.4 Å². The molecule has 1 aliphatic heterocycles. The lowest BCUT2D eigenvalue weighted by molar-refractivity contribution is -0.143. The Balaban J connectivity index is 1.77. The largest absolute Gasteiger partial charge is 0.481 e. The molecule has 1 saturated carbocycles. The Labute approximate surface area is 108 Å². The lowest BCUT2D eigenvalue weighted by Crippen LogP contribution is -2.42. The number of carboxylic acids is 1. The zero-order valence-electron chi connectivity index (χ0n) is 10.6. The normalized spacial score (nSPS) is 38.2. The molecule has 0 spiro atoms. The minimum atomic E-state index is -0.613. The van der Waals surface area contributed by atoms with Crippen LogP contribution in [0.25, 0.3) is 0 Å². The molecule has 0 aromatic carbocycles. The number of carboxylic acid groups (broad SMARTS) is 1. The summed E-state index contributed by atoms with van der Waals surface area (Å²) in [5.41, 5.74) is 0. The van der Waals surface area contributed by atoms with Crippen LogP contribution in [0.15, 0.2) is 0 Å². The molecule has 3 unspecified atom stereocenters. The SMILES string of the molecule is CC1(CNC2CCCC(C(=O)O)C2)CCCS1. The van der Waals surface area contributed by atoms with Crippen molar-refractivity contribution in [2.45, 2.75) is 56.2 Å². The molecule has 4 heteroatoms. The fourth-order valence-electron chi connectivity index (χ4n) is 2.94. The molecule has 1 aliphatic carbocycles. The maximum absolute atomic E-state index is 11.0. The van der Waals surface area contributed by atoms with Gasteiger partial charge in [-0.2, -0.15) is 11.8 Å². The first kappa shape index (κ1) is 13.2. The van der Waals surface area contributed by atoms with Crippen LogP contribution in [-0.4, -0.2) is 34.2 Å².